The molecule has 0 bridgehead atoms. The standard InChI is InChI=1S/C20H17Cl2N3O2/c1-3-13-6-4-5-12(2)18(13)24-19(26)14-7-9-15(10-8-14)25-20(27)17(22)16(21)11-23-25/h4-11H,3H2,1-2H3,(H,24,26). The summed E-state index contributed by atoms with van der Waals surface area (Å²) in [5, 5.41) is 6.94. The van der Waals surface area contributed by atoms with Crippen molar-refractivity contribution in [2.75, 3.05) is 5.32 Å². The average molecular weight is 402 g/mol. The highest BCUT2D eigenvalue weighted by atomic mass is 35.5. The molecule has 0 spiro atoms. The van der Waals surface area contributed by atoms with Crippen molar-refractivity contribution in [1.29, 1.82) is 0 Å². The van der Waals surface area contributed by atoms with Crippen LogP contribution in [0.5, 0.6) is 0 Å². The molecule has 0 radical (unpaired) electrons. The van der Waals surface area contributed by atoms with Gasteiger partial charge in [0.15, 0.2) is 0 Å². The SMILES string of the molecule is CCc1cccc(C)c1NC(=O)c1ccc(-n2ncc(Cl)c(Cl)c2=O)cc1. The predicted molar refractivity (Wildman–Crippen MR) is 108 cm³/mol. The molecule has 3 aromatic rings. The molecular weight excluding hydrogens is 385 g/mol. The first-order valence-corrected chi connectivity index (χ1v) is 9.11. The summed E-state index contributed by atoms with van der Waals surface area (Å²) < 4.78 is 1.13. The van der Waals surface area contributed by atoms with E-state index in [1.165, 1.54) is 6.20 Å². The number of nitrogens with one attached hydrogen (secondary N) is 1. The summed E-state index contributed by atoms with van der Waals surface area (Å²) in [6, 6.07) is 12.4. The molecule has 5 nitrogen and oxygen atoms in total. The number of carbonyl (C=O) groups is 1. The number of carbonyl (C=O) groups excluding carboxylic acids is 1. The molecule has 0 atom stereocenters. The fourth-order valence-corrected chi connectivity index (χ4v) is 2.99. The monoisotopic (exact) mass is 401 g/mol. The minimum atomic E-state index is -0.520. The largest absolute Gasteiger partial charge is 0.321 e. The molecule has 1 amide bonds. The first-order valence-electron chi connectivity index (χ1n) is 8.36. The Kier molecular flexibility index (Phi) is 5.63. The van der Waals surface area contributed by atoms with Crippen molar-refractivity contribution in [3.63, 3.8) is 0 Å². The summed E-state index contributed by atoms with van der Waals surface area (Å²) in [4.78, 5) is 24.8. The lowest BCUT2D eigenvalue weighted by Gasteiger charge is -2.13. The average Bonchev–Trinajstić information content (AvgIpc) is 2.68. The third-order valence-electron chi connectivity index (χ3n) is 4.23. The summed E-state index contributed by atoms with van der Waals surface area (Å²) in [5.74, 6) is -0.222. The predicted octanol–water partition coefficient (Wildman–Crippen LogP) is 4.66. The van der Waals surface area contributed by atoms with Crippen molar-refractivity contribution in [2.24, 2.45) is 0 Å². The number of para-hydroxylation sites is 1. The Morgan fingerprint density at radius 1 is 1.15 bits per heavy atom. The van der Waals surface area contributed by atoms with Crippen LogP contribution in [0.1, 0.15) is 28.4 Å². The maximum Gasteiger partial charge on any atom is 0.291 e. The van der Waals surface area contributed by atoms with Crippen LogP contribution >= 0.6 is 23.2 Å². The van der Waals surface area contributed by atoms with E-state index in [2.05, 4.69) is 10.4 Å². The summed E-state index contributed by atoms with van der Waals surface area (Å²) in [7, 11) is 0. The molecule has 0 aliphatic heterocycles. The van der Waals surface area contributed by atoms with E-state index in [-0.39, 0.29) is 16.0 Å². The van der Waals surface area contributed by atoms with Gasteiger partial charge in [-0.25, -0.2) is 0 Å². The van der Waals surface area contributed by atoms with Crippen LogP contribution in [0.4, 0.5) is 5.69 Å². The minimum Gasteiger partial charge on any atom is -0.321 e. The highest BCUT2D eigenvalue weighted by molar-refractivity contribution is 6.41. The highest BCUT2D eigenvalue weighted by Gasteiger charge is 2.12. The lowest BCUT2D eigenvalue weighted by Crippen LogP contribution is -2.21. The lowest BCUT2D eigenvalue weighted by molar-refractivity contribution is 0.102. The molecule has 7 heteroatoms. The number of halogens is 2. The quantitative estimate of drug-likeness (QED) is 0.690. The Balaban J connectivity index is 1.87. The third kappa shape index (κ3) is 3.89. The maximum atomic E-state index is 12.6. The number of hydrogen-bond acceptors (Lipinski definition) is 3. The second-order valence-electron chi connectivity index (χ2n) is 5.99. The molecule has 0 aliphatic carbocycles. The van der Waals surface area contributed by atoms with Crippen LogP contribution in [-0.2, 0) is 6.42 Å². The first-order chi connectivity index (χ1) is 12.9. The van der Waals surface area contributed by atoms with E-state index in [4.69, 9.17) is 23.2 Å². The summed E-state index contributed by atoms with van der Waals surface area (Å²) in [6.45, 7) is 4.00. The van der Waals surface area contributed by atoms with Gasteiger partial charge in [0, 0.05) is 11.3 Å². The zero-order valence-electron chi connectivity index (χ0n) is 14.8. The Morgan fingerprint density at radius 2 is 1.85 bits per heavy atom. The summed E-state index contributed by atoms with van der Waals surface area (Å²) in [5.41, 5.74) is 3.35. The molecule has 1 heterocycles. The topological polar surface area (TPSA) is 64.0 Å². The van der Waals surface area contributed by atoms with Gasteiger partial charge in [-0.05, 0) is 48.7 Å². The van der Waals surface area contributed by atoms with Crippen molar-refractivity contribution in [1.82, 2.24) is 9.78 Å². The molecule has 0 fully saturated rings. The normalized spacial score (nSPS) is 10.7. The van der Waals surface area contributed by atoms with Gasteiger partial charge in [0.2, 0.25) is 0 Å². The van der Waals surface area contributed by atoms with Crippen molar-refractivity contribution >= 4 is 34.8 Å². The Bertz CT molecular complexity index is 1060. The van der Waals surface area contributed by atoms with Crippen LogP contribution in [0.25, 0.3) is 5.69 Å². The fraction of sp³-hybridized carbons (Fsp3) is 0.150. The third-order valence-corrected chi connectivity index (χ3v) is 4.98. The van der Waals surface area contributed by atoms with Crippen LogP contribution in [0.3, 0.4) is 0 Å². The number of nitrogens with zero attached hydrogens (tertiary/aromatic N) is 2. The zero-order valence-corrected chi connectivity index (χ0v) is 16.3. The van der Waals surface area contributed by atoms with Crippen LogP contribution in [-0.4, -0.2) is 15.7 Å². The molecule has 0 saturated heterocycles. The van der Waals surface area contributed by atoms with E-state index in [0.29, 0.717) is 11.3 Å². The van der Waals surface area contributed by atoms with E-state index >= 15 is 0 Å². The Labute approximate surface area is 166 Å². The number of amides is 1. The molecule has 0 aliphatic rings. The lowest BCUT2D eigenvalue weighted by atomic mass is 10.1. The minimum absolute atomic E-state index is 0.0962. The number of rotatable bonds is 4. The van der Waals surface area contributed by atoms with Gasteiger partial charge in [-0.3, -0.25) is 9.59 Å². The van der Waals surface area contributed by atoms with Crippen molar-refractivity contribution < 1.29 is 4.79 Å². The van der Waals surface area contributed by atoms with Crippen LogP contribution < -0.4 is 10.9 Å². The molecule has 138 valence electrons. The highest BCUT2D eigenvalue weighted by Crippen LogP contribution is 2.22. The molecule has 1 N–H and O–H groups in total. The summed E-state index contributed by atoms with van der Waals surface area (Å²) >= 11 is 11.7. The molecule has 3 rings (SSSR count). The zero-order chi connectivity index (χ0) is 19.6. The molecular formula is C20H17Cl2N3O2. The van der Waals surface area contributed by atoms with Gasteiger partial charge in [-0.15, -0.1) is 0 Å². The van der Waals surface area contributed by atoms with Gasteiger partial charge in [0.1, 0.15) is 5.02 Å². The second kappa shape index (κ2) is 7.94. The number of aromatic nitrogens is 2. The first kappa shape index (κ1) is 19.1. The maximum absolute atomic E-state index is 12.6. The summed E-state index contributed by atoms with van der Waals surface area (Å²) in [6.07, 6.45) is 2.12. The van der Waals surface area contributed by atoms with Gasteiger partial charge in [0.25, 0.3) is 11.5 Å². The smallest absolute Gasteiger partial charge is 0.291 e. The molecule has 2 aromatic carbocycles. The van der Waals surface area contributed by atoms with E-state index in [1.54, 1.807) is 24.3 Å². The van der Waals surface area contributed by atoms with E-state index in [1.807, 2.05) is 32.0 Å². The Morgan fingerprint density at radius 3 is 2.52 bits per heavy atom. The fourth-order valence-electron chi connectivity index (χ4n) is 2.74. The number of anilines is 1. The van der Waals surface area contributed by atoms with Crippen molar-refractivity contribution in [2.45, 2.75) is 20.3 Å². The van der Waals surface area contributed by atoms with Gasteiger partial charge in [-0.1, -0.05) is 48.3 Å². The molecule has 27 heavy (non-hydrogen) atoms. The number of benzene rings is 2. The van der Waals surface area contributed by atoms with Gasteiger partial charge < -0.3 is 5.32 Å². The van der Waals surface area contributed by atoms with Gasteiger partial charge in [0.05, 0.1) is 16.9 Å². The molecule has 0 saturated carbocycles. The van der Waals surface area contributed by atoms with E-state index in [9.17, 15) is 9.59 Å². The van der Waals surface area contributed by atoms with Gasteiger partial charge in [-0.2, -0.15) is 9.78 Å². The molecule has 0 unspecified atom stereocenters. The Hall–Kier alpha value is -2.63. The van der Waals surface area contributed by atoms with Crippen molar-refractivity contribution in [3.05, 3.63) is 85.8 Å². The van der Waals surface area contributed by atoms with E-state index in [0.717, 1.165) is 27.9 Å². The number of aryl methyl sites for hydroxylation is 2. The molecule has 1 aromatic heterocycles. The van der Waals surface area contributed by atoms with Crippen LogP contribution in [0.2, 0.25) is 10.0 Å². The van der Waals surface area contributed by atoms with E-state index < -0.39 is 5.56 Å². The van der Waals surface area contributed by atoms with Crippen LogP contribution in [0.15, 0.2) is 53.5 Å². The van der Waals surface area contributed by atoms with Gasteiger partial charge >= 0.3 is 0 Å². The second-order valence-corrected chi connectivity index (χ2v) is 6.77. The van der Waals surface area contributed by atoms with Crippen LogP contribution in [0, 0.1) is 6.92 Å². The van der Waals surface area contributed by atoms with Crippen molar-refractivity contribution in [3.8, 4) is 5.69 Å². The number of hydrogen-bond donors (Lipinski definition) is 1.